The summed E-state index contributed by atoms with van der Waals surface area (Å²) >= 11 is 0. The number of carbonyl (C=O) groups is 2. The second-order valence-electron chi connectivity index (χ2n) is 5.91. The number of carboxylic acid groups (broad SMARTS) is 1. The quantitative estimate of drug-likeness (QED) is 0.814. The summed E-state index contributed by atoms with van der Waals surface area (Å²) in [4.78, 5) is 23.1. The number of rotatable bonds is 7. The second-order valence-corrected chi connectivity index (χ2v) is 5.91. The molecule has 0 aromatic heterocycles. The summed E-state index contributed by atoms with van der Waals surface area (Å²) in [6, 6.07) is 2.32. The molecule has 1 aromatic carbocycles. The van der Waals surface area contributed by atoms with Gasteiger partial charge in [0.1, 0.15) is 17.7 Å². The van der Waals surface area contributed by atoms with Crippen molar-refractivity contribution in [1.29, 1.82) is 0 Å². The topological polar surface area (TPSA) is 66.4 Å². The second kappa shape index (κ2) is 6.85. The number of hydrogen-bond donors (Lipinski definition) is 2. The molecule has 0 saturated heterocycles. The van der Waals surface area contributed by atoms with E-state index in [-0.39, 0.29) is 12.0 Å². The molecule has 2 rings (SSSR count). The van der Waals surface area contributed by atoms with Gasteiger partial charge in [-0.2, -0.15) is 0 Å². The van der Waals surface area contributed by atoms with Crippen LogP contribution in [0.2, 0.25) is 0 Å². The van der Waals surface area contributed by atoms with Gasteiger partial charge in [0.2, 0.25) is 5.91 Å². The molecule has 2 atom stereocenters. The molecule has 1 amide bonds. The maximum absolute atomic E-state index is 13.7. The van der Waals surface area contributed by atoms with Crippen LogP contribution in [0.5, 0.6) is 0 Å². The summed E-state index contributed by atoms with van der Waals surface area (Å²) < 4.78 is 26.5. The van der Waals surface area contributed by atoms with Gasteiger partial charge in [-0.1, -0.05) is 25.8 Å². The summed E-state index contributed by atoms with van der Waals surface area (Å²) in [5.74, 6) is -2.96. The zero-order valence-corrected chi connectivity index (χ0v) is 12.3. The lowest BCUT2D eigenvalue weighted by atomic mass is 9.96. The first-order chi connectivity index (χ1) is 10.4. The Labute approximate surface area is 127 Å². The van der Waals surface area contributed by atoms with Gasteiger partial charge < -0.3 is 10.4 Å². The van der Waals surface area contributed by atoms with E-state index in [2.05, 4.69) is 5.32 Å². The molecule has 0 radical (unpaired) electrons. The maximum Gasteiger partial charge on any atom is 0.326 e. The van der Waals surface area contributed by atoms with Gasteiger partial charge in [-0.25, -0.2) is 13.6 Å². The van der Waals surface area contributed by atoms with Crippen LogP contribution in [-0.2, 0) is 9.59 Å². The van der Waals surface area contributed by atoms with E-state index in [0.29, 0.717) is 12.3 Å². The molecule has 0 bridgehead atoms. The van der Waals surface area contributed by atoms with Crippen LogP contribution in [0, 0.1) is 17.6 Å². The number of hydrogen-bond acceptors (Lipinski definition) is 2. The maximum atomic E-state index is 13.7. The van der Waals surface area contributed by atoms with Crippen molar-refractivity contribution in [1.82, 2.24) is 5.32 Å². The molecule has 0 heterocycles. The van der Waals surface area contributed by atoms with Gasteiger partial charge in [-0.05, 0) is 29.9 Å². The zero-order chi connectivity index (χ0) is 16.3. The summed E-state index contributed by atoms with van der Waals surface area (Å²) in [5, 5.41) is 11.6. The van der Waals surface area contributed by atoms with Crippen LogP contribution in [0.3, 0.4) is 0 Å². The summed E-state index contributed by atoms with van der Waals surface area (Å²) in [7, 11) is 0. The largest absolute Gasteiger partial charge is 0.480 e. The lowest BCUT2D eigenvalue weighted by Gasteiger charge is -2.17. The van der Waals surface area contributed by atoms with Gasteiger partial charge in [0.25, 0.3) is 0 Å². The van der Waals surface area contributed by atoms with Gasteiger partial charge >= 0.3 is 5.97 Å². The van der Waals surface area contributed by atoms with Gasteiger partial charge in [0.15, 0.2) is 0 Å². The normalized spacial score (nSPS) is 16.9. The van der Waals surface area contributed by atoms with E-state index in [1.54, 1.807) is 6.92 Å². The number of aliphatic carboxylic acids is 1. The number of amides is 1. The van der Waals surface area contributed by atoms with Crippen molar-refractivity contribution in [3.8, 4) is 0 Å². The first-order valence-corrected chi connectivity index (χ1v) is 7.34. The van der Waals surface area contributed by atoms with E-state index in [4.69, 9.17) is 5.11 Å². The highest BCUT2D eigenvalue weighted by atomic mass is 19.1. The number of carboxylic acids is 1. The highest BCUT2D eigenvalue weighted by Gasteiger charge is 2.30. The Hall–Kier alpha value is -1.98. The van der Waals surface area contributed by atoms with Crippen molar-refractivity contribution in [2.24, 2.45) is 5.92 Å². The van der Waals surface area contributed by atoms with Gasteiger partial charge in [0.05, 0.1) is 0 Å². The number of carbonyl (C=O) groups excluding carboxylic acids is 1. The standard InChI is InChI=1S/C16H19F2NO3/c1-9(12-5-4-11(17)8-13(12)18)6-15(20)19-14(16(21)22)7-10-2-3-10/h4-5,8-10,14H,2-3,6-7H2,1H3,(H,19,20)(H,21,22). The molecule has 120 valence electrons. The van der Waals surface area contributed by atoms with E-state index >= 15 is 0 Å². The molecule has 1 aliphatic carbocycles. The first kappa shape index (κ1) is 16.4. The zero-order valence-electron chi connectivity index (χ0n) is 12.3. The van der Waals surface area contributed by atoms with Crippen molar-refractivity contribution in [3.63, 3.8) is 0 Å². The Bertz CT molecular complexity index is 573. The van der Waals surface area contributed by atoms with Crippen LogP contribution >= 0.6 is 0 Å². The highest BCUT2D eigenvalue weighted by Crippen LogP contribution is 2.33. The number of benzene rings is 1. The van der Waals surface area contributed by atoms with Crippen molar-refractivity contribution >= 4 is 11.9 Å². The van der Waals surface area contributed by atoms with Crippen molar-refractivity contribution in [2.45, 2.75) is 44.6 Å². The molecular formula is C16H19F2NO3. The molecule has 1 aliphatic rings. The Kier molecular flexibility index (Phi) is 5.11. The van der Waals surface area contributed by atoms with Gasteiger partial charge in [-0.3, -0.25) is 4.79 Å². The Morgan fingerprint density at radius 1 is 1.36 bits per heavy atom. The van der Waals surface area contributed by atoms with Crippen LogP contribution in [0.25, 0.3) is 0 Å². The average molecular weight is 311 g/mol. The molecule has 2 unspecified atom stereocenters. The molecule has 1 aromatic rings. The van der Waals surface area contributed by atoms with Crippen LogP contribution in [0.15, 0.2) is 18.2 Å². The Morgan fingerprint density at radius 3 is 2.59 bits per heavy atom. The Morgan fingerprint density at radius 2 is 2.05 bits per heavy atom. The summed E-state index contributed by atoms with van der Waals surface area (Å²) in [6.45, 7) is 1.65. The third-order valence-electron chi connectivity index (χ3n) is 3.88. The first-order valence-electron chi connectivity index (χ1n) is 7.34. The van der Waals surface area contributed by atoms with Crippen molar-refractivity contribution in [2.75, 3.05) is 0 Å². The smallest absolute Gasteiger partial charge is 0.326 e. The minimum Gasteiger partial charge on any atom is -0.480 e. The molecule has 4 nitrogen and oxygen atoms in total. The van der Waals surface area contributed by atoms with E-state index in [0.717, 1.165) is 25.0 Å². The lowest BCUT2D eigenvalue weighted by molar-refractivity contribution is -0.142. The third-order valence-corrected chi connectivity index (χ3v) is 3.88. The van der Waals surface area contributed by atoms with Crippen molar-refractivity contribution in [3.05, 3.63) is 35.4 Å². The van der Waals surface area contributed by atoms with E-state index in [1.165, 1.54) is 6.07 Å². The SMILES string of the molecule is CC(CC(=O)NC(CC1CC1)C(=O)O)c1ccc(F)cc1F. The Balaban J connectivity index is 1.93. The van der Waals surface area contributed by atoms with E-state index in [1.807, 2.05) is 0 Å². The third kappa shape index (κ3) is 4.51. The van der Waals surface area contributed by atoms with Gasteiger partial charge in [-0.15, -0.1) is 0 Å². The minimum absolute atomic E-state index is 0.0446. The van der Waals surface area contributed by atoms with E-state index < -0.39 is 35.5 Å². The molecule has 0 spiro atoms. The van der Waals surface area contributed by atoms with Crippen molar-refractivity contribution < 1.29 is 23.5 Å². The van der Waals surface area contributed by atoms with Gasteiger partial charge in [0, 0.05) is 12.5 Å². The lowest BCUT2D eigenvalue weighted by Crippen LogP contribution is -2.41. The average Bonchev–Trinajstić information content (AvgIpc) is 3.21. The van der Waals surface area contributed by atoms with Crippen LogP contribution < -0.4 is 5.32 Å². The summed E-state index contributed by atoms with van der Waals surface area (Å²) in [6.07, 6.45) is 2.38. The van der Waals surface area contributed by atoms with Crippen LogP contribution in [-0.4, -0.2) is 23.0 Å². The monoisotopic (exact) mass is 311 g/mol. The van der Waals surface area contributed by atoms with Crippen LogP contribution in [0.1, 0.15) is 44.1 Å². The highest BCUT2D eigenvalue weighted by molar-refractivity contribution is 5.84. The molecule has 1 fully saturated rings. The van der Waals surface area contributed by atoms with E-state index in [9.17, 15) is 18.4 Å². The molecule has 22 heavy (non-hydrogen) atoms. The molecule has 0 aliphatic heterocycles. The molecular weight excluding hydrogens is 292 g/mol. The fourth-order valence-electron chi connectivity index (χ4n) is 2.45. The van der Waals surface area contributed by atoms with Crippen LogP contribution in [0.4, 0.5) is 8.78 Å². The predicted octanol–water partition coefficient (Wildman–Crippen LogP) is 2.83. The molecule has 1 saturated carbocycles. The number of halogens is 2. The minimum atomic E-state index is -1.05. The number of nitrogens with one attached hydrogen (secondary N) is 1. The predicted molar refractivity (Wildman–Crippen MR) is 76.3 cm³/mol. The fourth-order valence-corrected chi connectivity index (χ4v) is 2.45. The molecule has 6 heteroatoms. The fraction of sp³-hybridized carbons (Fsp3) is 0.500. The molecule has 2 N–H and O–H groups in total. The summed E-state index contributed by atoms with van der Waals surface area (Å²) in [5.41, 5.74) is 0.241.